The van der Waals surface area contributed by atoms with E-state index in [9.17, 15) is 44.4 Å². The zero-order chi connectivity index (χ0) is 28.4. The molecule has 198 valence electrons. The van der Waals surface area contributed by atoms with Crippen molar-refractivity contribution in [2.45, 2.75) is 17.7 Å². The van der Waals surface area contributed by atoms with Crippen molar-refractivity contribution in [3.8, 4) is 5.75 Å². The minimum atomic E-state index is -3.13. The molecule has 1 fully saturated rings. The number of carbonyl (C=O) groups excluding carboxylic acids is 5. The predicted octanol–water partition coefficient (Wildman–Crippen LogP) is -0.288. The Morgan fingerprint density at radius 1 is 1.16 bits per heavy atom. The van der Waals surface area contributed by atoms with Gasteiger partial charge in [0.2, 0.25) is 5.78 Å². The van der Waals surface area contributed by atoms with Crippen molar-refractivity contribution >= 4 is 40.6 Å². The van der Waals surface area contributed by atoms with Crippen LogP contribution in [0, 0.1) is 11.8 Å². The highest BCUT2D eigenvalue weighted by molar-refractivity contribution is 6.38. The van der Waals surface area contributed by atoms with E-state index < -0.39 is 87.2 Å². The van der Waals surface area contributed by atoms with Crippen molar-refractivity contribution in [1.82, 2.24) is 4.90 Å². The molecule has 6 N–H and O–H groups in total. The van der Waals surface area contributed by atoms with Crippen LogP contribution in [0.2, 0.25) is 0 Å². The van der Waals surface area contributed by atoms with Gasteiger partial charge in [-0.05, 0) is 37.4 Å². The summed E-state index contributed by atoms with van der Waals surface area (Å²) >= 11 is 0. The number of ether oxygens (including phenoxy) is 1. The molecule has 1 amide bonds. The number of aromatic hydroxyl groups is 1. The molecule has 0 saturated heterocycles. The number of esters is 1. The summed E-state index contributed by atoms with van der Waals surface area (Å²) in [7, 11) is 2.74. The molecular weight excluding hydrogens is 500 g/mol. The summed E-state index contributed by atoms with van der Waals surface area (Å²) in [6.45, 7) is 7.17. The van der Waals surface area contributed by atoms with E-state index in [1.807, 2.05) is 0 Å². The molecule has 0 aromatic heterocycles. The molecular formula is C26H24N2O10. The maximum absolute atomic E-state index is 14.0. The number of nitrogens with two attached hydrogens (primary N) is 1. The number of Topliss-reactive ketones (excluding diaryl/α,β-unsaturated/α-hetero) is 2. The maximum Gasteiger partial charge on any atom is 0.379 e. The SMILES string of the molecule is C=CC(=O)C(=O)O[C@H]1[C@@H]2C(=C)c3cccc(O)c3C(O)=C2C(=O)[C@]2(O)C(O)=C(C(N)=O)C(=O)[C@@H](N(C)C)[C@H]12. The van der Waals surface area contributed by atoms with E-state index in [-0.39, 0.29) is 16.7 Å². The summed E-state index contributed by atoms with van der Waals surface area (Å²) in [6, 6.07) is 2.53. The van der Waals surface area contributed by atoms with Gasteiger partial charge in [0.05, 0.1) is 29.0 Å². The average molecular weight is 524 g/mol. The molecule has 4 rings (SSSR count). The first kappa shape index (κ1) is 26.5. The van der Waals surface area contributed by atoms with Gasteiger partial charge in [-0.3, -0.25) is 24.1 Å². The van der Waals surface area contributed by atoms with Crippen LogP contribution in [0.5, 0.6) is 5.75 Å². The molecule has 38 heavy (non-hydrogen) atoms. The molecule has 3 aliphatic rings. The largest absolute Gasteiger partial charge is 0.508 e. The lowest BCUT2D eigenvalue weighted by Gasteiger charge is -2.53. The highest BCUT2D eigenvalue weighted by atomic mass is 16.6. The summed E-state index contributed by atoms with van der Waals surface area (Å²) in [4.78, 5) is 65.5. The van der Waals surface area contributed by atoms with Crippen LogP contribution in [-0.2, 0) is 28.7 Å². The number of rotatable bonds is 5. The van der Waals surface area contributed by atoms with Crippen LogP contribution in [0.4, 0.5) is 0 Å². The Morgan fingerprint density at radius 2 is 1.79 bits per heavy atom. The van der Waals surface area contributed by atoms with E-state index in [2.05, 4.69) is 13.2 Å². The third-order valence-electron chi connectivity index (χ3n) is 7.21. The first-order chi connectivity index (χ1) is 17.7. The topological polar surface area (TPSA) is 205 Å². The Morgan fingerprint density at radius 3 is 2.34 bits per heavy atom. The normalized spacial score (nSPS) is 28.5. The summed E-state index contributed by atoms with van der Waals surface area (Å²) < 4.78 is 5.46. The molecule has 12 nitrogen and oxygen atoms in total. The molecule has 1 aromatic carbocycles. The van der Waals surface area contributed by atoms with Crippen LogP contribution in [0.25, 0.3) is 11.3 Å². The number of primary amides is 1. The molecule has 0 aliphatic heterocycles. The van der Waals surface area contributed by atoms with Crippen molar-refractivity contribution in [1.29, 1.82) is 0 Å². The number of hydrogen-bond donors (Lipinski definition) is 5. The number of likely N-dealkylation sites (N-methyl/N-ethyl adjacent to an activating group) is 1. The van der Waals surface area contributed by atoms with Crippen LogP contribution in [0.15, 0.2) is 54.3 Å². The van der Waals surface area contributed by atoms with Crippen molar-refractivity contribution in [2.24, 2.45) is 17.6 Å². The summed E-state index contributed by atoms with van der Waals surface area (Å²) in [5.41, 5.74) is 0.468. The van der Waals surface area contributed by atoms with Gasteiger partial charge in [-0.25, -0.2) is 4.79 Å². The van der Waals surface area contributed by atoms with Gasteiger partial charge >= 0.3 is 5.97 Å². The minimum absolute atomic E-state index is 0.0390. The van der Waals surface area contributed by atoms with Crippen LogP contribution in [-0.4, -0.2) is 86.4 Å². The number of ketones is 3. The molecule has 3 aliphatic carbocycles. The van der Waals surface area contributed by atoms with Gasteiger partial charge < -0.3 is 30.9 Å². The van der Waals surface area contributed by atoms with E-state index >= 15 is 0 Å². The molecule has 0 spiro atoms. The number of carbonyl (C=O) groups is 5. The fourth-order valence-corrected chi connectivity index (χ4v) is 5.59. The lowest BCUT2D eigenvalue weighted by Crippen LogP contribution is -2.70. The number of aliphatic hydroxyl groups is 3. The quantitative estimate of drug-likeness (QED) is 0.146. The number of aliphatic hydroxyl groups excluding tert-OH is 2. The number of phenolic OH excluding ortho intramolecular Hbond substituents is 1. The summed E-state index contributed by atoms with van der Waals surface area (Å²) in [5.74, 6) is -12.4. The van der Waals surface area contributed by atoms with Crippen molar-refractivity contribution in [3.63, 3.8) is 0 Å². The van der Waals surface area contributed by atoms with Crippen LogP contribution < -0.4 is 5.73 Å². The van der Waals surface area contributed by atoms with Gasteiger partial charge in [-0.2, -0.15) is 0 Å². The molecule has 12 heteroatoms. The Labute approximate surface area is 215 Å². The number of nitrogens with zero attached hydrogens (tertiary/aromatic N) is 1. The van der Waals surface area contributed by atoms with E-state index in [1.165, 1.54) is 37.2 Å². The van der Waals surface area contributed by atoms with E-state index in [1.54, 1.807) is 0 Å². The lowest BCUT2D eigenvalue weighted by molar-refractivity contribution is -0.182. The first-order valence-corrected chi connectivity index (χ1v) is 11.2. The molecule has 1 aromatic rings. The molecule has 0 unspecified atom stereocenters. The molecule has 0 bridgehead atoms. The van der Waals surface area contributed by atoms with E-state index in [0.717, 1.165) is 0 Å². The Balaban J connectivity index is 2.12. The molecule has 0 radical (unpaired) electrons. The smallest absolute Gasteiger partial charge is 0.379 e. The van der Waals surface area contributed by atoms with Gasteiger partial charge in [-0.15, -0.1) is 0 Å². The van der Waals surface area contributed by atoms with Gasteiger partial charge in [0.1, 0.15) is 28.9 Å². The number of amides is 1. The zero-order valence-corrected chi connectivity index (χ0v) is 20.3. The van der Waals surface area contributed by atoms with Crippen LogP contribution in [0.3, 0.4) is 0 Å². The number of hydrogen-bond acceptors (Lipinski definition) is 11. The zero-order valence-electron chi connectivity index (χ0n) is 20.3. The highest BCUT2D eigenvalue weighted by Gasteiger charge is 2.69. The fourth-order valence-electron chi connectivity index (χ4n) is 5.59. The minimum Gasteiger partial charge on any atom is -0.508 e. The number of fused-ring (bicyclic) bond motifs is 3. The maximum atomic E-state index is 14.0. The monoisotopic (exact) mass is 524 g/mol. The van der Waals surface area contributed by atoms with Gasteiger partial charge in [-0.1, -0.05) is 25.3 Å². The van der Waals surface area contributed by atoms with Crippen molar-refractivity contribution in [2.75, 3.05) is 14.1 Å². The van der Waals surface area contributed by atoms with Crippen molar-refractivity contribution in [3.05, 3.63) is 65.5 Å². The number of benzene rings is 1. The van der Waals surface area contributed by atoms with Crippen LogP contribution in [0.1, 0.15) is 11.1 Å². The second-order valence-electron chi connectivity index (χ2n) is 9.39. The third-order valence-corrected chi connectivity index (χ3v) is 7.21. The Hall–Kier alpha value is -4.55. The van der Waals surface area contributed by atoms with E-state index in [0.29, 0.717) is 6.08 Å². The molecule has 1 saturated carbocycles. The summed E-state index contributed by atoms with van der Waals surface area (Å²) in [6.07, 6.45) is -1.11. The Bertz CT molecular complexity index is 1440. The van der Waals surface area contributed by atoms with Crippen LogP contribution >= 0.6 is 0 Å². The van der Waals surface area contributed by atoms with Gasteiger partial charge in [0, 0.05) is 0 Å². The second kappa shape index (κ2) is 8.78. The second-order valence-corrected chi connectivity index (χ2v) is 9.39. The summed E-state index contributed by atoms with van der Waals surface area (Å²) in [5, 5.41) is 44.5. The Kier molecular flexibility index (Phi) is 6.13. The first-order valence-electron chi connectivity index (χ1n) is 11.2. The predicted molar refractivity (Wildman–Crippen MR) is 130 cm³/mol. The lowest BCUT2D eigenvalue weighted by atomic mass is 9.55. The third kappa shape index (κ3) is 3.34. The van der Waals surface area contributed by atoms with Gasteiger partial charge in [0.25, 0.3) is 11.7 Å². The number of phenols is 1. The standard InChI is InChI=1S/C26H24N2O10/c1-5-11(29)25(36)38-21-13-9(2)10-7-6-8-12(30)14(10)19(31)15(13)22(33)26(37)17(21)18(28(3)4)20(32)16(23(26)34)24(27)35/h5-8,13,17-18,21,30-31,34,37H,1-2H2,3-4H3,(H2,27,35)/t13-,17-,18+,21+,26+/m1/s1. The average Bonchev–Trinajstić information content (AvgIpc) is 2.84. The van der Waals surface area contributed by atoms with E-state index in [4.69, 9.17) is 10.5 Å². The fraction of sp³-hybridized carbons (Fsp3) is 0.269. The molecule has 5 atom stereocenters. The highest BCUT2D eigenvalue weighted by Crippen LogP contribution is 2.56. The van der Waals surface area contributed by atoms with Gasteiger partial charge in [0.15, 0.2) is 11.4 Å². The van der Waals surface area contributed by atoms with Crippen molar-refractivity contribution < 1.29 is 49.1 Å². The molecule has 0 heterocycles.